The Bertz CT molecular complexity index is 123. The predicted octanol–water partition coefficient (Wildman–Crippen LogP) is 2.49. The standard InChI is InChI=1S/C12H28N2/c1-6-10-14(11(2)3)12(4)8-7-9-13-5/h11-13H,6-10H2,1-5H3. The van der Waals surface area contributed by atoms with Gasteiger partial charge in [0.05, 0.1) is 0 Å². The average molecular weight is 200 g/mol. The second kappa shape index (κ2) is 8.25. The van der Waals surface area contributed by atoms with Crippen LogP contribution in [0.2, 0.25) is 0 Å². The Kier molecular flexibility index (Phi) is 8.20. The van der Waals surface area contributed by atoms with Gasteiger partial charge < -0.3 is 5.32 Å². The van der Waals surface area contributed by atoms with E-state index < -0.39 is 0 Å². The maximum absolute atomic E-state index is 3.20. The molecule has 0 heterocycles. The molecular formula is C12H28N2. The molecule has 0 fully saturated rings. The quantitative estimate of drug-likeness (QED) is 0.606. The minimum atomic E-state index is 0.680. The fraction of sp³-hybridized carbons (Fsp3) is 1.00. The number of rotatable bonds is 8. The lowest BCUT2D eigenvalue weighted by Gasteiger charge is -2.32. The van der Waals surface area contributed by atoms with E-state index in [2.05, 4.69) is 37.9 Å². The van der Waals surface area contributed by atoms with Crippen LogP contribution in [-0.4, -0.2) is 37.1 Å². The molecule has 0 aromatic rings. The van der Waals surface area contributed by atoms with Gasteiger partial charge in [0.25, 0.3) is 0 Å². The maximum atomic E-state index is 3.20. The van der Waals surface area contributed by atoms with Crippen LogP contribution in [0, 0.1) is 0 Å². The molecule has 1 N–H and O–H groups in total. The van der Waals surface area contributed by atoms with Crippen LogP contribution in [0.5, 0.6) is 0 Å². The van der Waals surface area contributed by atoms with Crippen LogP contribution in [-0.2, 0) is 0 Å². The van der Waals surface area contributed by atoms with Gasteiger partial charge in [-0.25, -0.2) is 0 Å². The van der Waals surface area contributed by atoms with Crippen molar-refractivity contribution >= 4 is 0 Å². The third kappa shape index (κ3) is 5.61. The predicted molar refractivity (Wildman–Crippen MR) is 64.8 cm³/mol. The molecule has 14 heavy (non-hydrogen) atoms. The molecule has 0 aliphatic rings. The molecule has 2 nitrogen and oxygen atoms in total. The summed E-state index contributed by atoms with van der Waals surface area (Å²) in [5.41, 5.74) is 0. The lowest BCUT2D eigenvalue weighted by atomic mass is 10.1. The van der Waals surface area contributed by atoms with Crippen molar-refractivity contribution in [3.63, 3.8) is 0 Å². The van der Waals surface area contributed by atoms with Crippen LogP contribution in [0.15, 0.2) is 0 Å². The summed E-state index contributed by atoms with van der Waals surface area (Å²) in [6.07, 6.45) is 3.85. The van der Waals surface area contributed by atoms with Crippen molar-refractivity contribution in [3.05, 3.63) is 0 Å². The van der Waals surface area contributed by atoms with E-state index >= 15 is 0 Å². The highest BCUT2D eigenvalue weighted by Gasteiger charge is 2.15. The third-order valence-corrected chi connectivity index (χ3v) is 2.76. The molecule has 0 amide bonds. The van der Waals surface area contributed by atoms with Crippen molar-refractivity contribution in [2.75, 3.05) is 20.1 Å². The van der Waals surface area contributed by atoms with Gasteiger partial charge in [0.2, 0.25) is 0 Å². The molecule has 0 rings (SSSR count). The van der Waals surface area contributed by atoms with Gasteiger partial charge in [-0.1, -0.05) is 6.92 Å². The number of nitrogens with zero attached hydrogens (tertiary/aromatic N) is 1. The lowest BCUT2D eigenvalue weighted by molar-refractivity contribution is 0.155. The monoisotopic (exact) mass is 200 g/mol. The first-order valence-corrected chi connectivity index (χ1v) is 6.03. The van der Waals surface area contributed by atoms with Crippen LogP contribution in [0.3, 0.4) is 0 Å². The van der Waals surface area contributed by atoms with E-state index in [4.69, 9.17) is 0 Å². The van der Waals surface area contributed by atoms with Crippen molar-refractivity contribution in [1.82, 2.24) is 10.2 Å². The first-order valence-electron chi connectivity index (χ1n) is 6.03. The van der Waals surface area contributed by atoms with Crippen molar-refractivity contribution in [2.24, 2.45) is 0 Å². The first-order chi connectivity index (χ1) is 6.63. The zero-order valence-corrected chi connectivity index (χ0v) is 10.6. The molecule has 0 saturated carbocycles. The summed E-state index contributed by atoms with van der Waals surface area (Å²) in [6.45, 7) is 11.6. The Morgan fingerprint density at radius 3 is 2.29 bits per heavy atom. The second-order valence-corrected chi connectivity index (χ2v) is 4.43. The minimum absolute atomic E-state index is 0.680. The lowest BCUT2D eigenvalue weighted by Crippen LogP contribution is -2.39. The fourth-order valence-electron chi connectivity index (χ4n) is 1.99. The molecule has 1 atom stereocenters. The average Bonchev–Trinajstić information content (AvgIpc) is 2.13. The smallest absolute Gasteiger partial charge is 0.00701 e. The van der Waals surface area contributed by atoms with Crippen LogP contribution < -0.4 is 5.32 Å². The van der Waals surface area contributed by atoms with E-state index in [9.17, 15) is 0 Å². The van der Waals surface area contributed by atoms with Crippen molar-refractivity contribution in [2.45, 2.75) is 59.0 Å². The van der Waals surface area contributed by atoms with E-state index in [0.717, 1.165) is 12.6 Å². The summed E-state index contributed by atoms with van der Waals surface area (Å²) in [4.78, 5) is 2.61. The molecule has 0 aliphatic heterocycles. The fourth-order valence-corrected chi connectivity index (χ4v) is 1.99. The number of hydrogen-bond donors (Lipinski definition) is 1. The van der Waals surface area contributed by atoms with Gasteiger partial charge in [-0.2, -0.15) is 0 Å². The van der Waals surface area contributed by atoms with Crippen LogP contribution in [0.25, 0.3) is 0 Å². The number of nitrogens with one attached hydrogen (secondary N) is 1. The van der Waals surface area contributed by atoms with E-state index in [1.165, 1.54) is 25.8 Å². The summed E-state index contributed by atoms with van der Waals surface area (Å²) in [5.74, 6) is 0. The number of hydrogen-bond acceptors (Lipinski definition) is 2. The van der Waals surface area contributed by atoms with E-state index in [1.807, 2.05) is 7.05 Å². The SMILES string of the molecule is CCCN(C(C)C)C(C)CCCNC. The first kappa shape index (κ1) is 13.9. The Balaban J connectivity index is 3.82. The summed E-state index contributed by atoms with van der Waals surface area (Å²) >= 11 is 0. The Hall–Kier alpha value is -0.0800. The van der Waals surface area contributed by atoms with Gasteiger partial charge in [-0.05, 0) is 60.2 Å². The van der Waals surface area contributed by atoms with Gasteiger partial charge in [-0.15, -0.1) is 0 Å². The largest absolute Gasteiger partial charge is 0.320 e. The van der Waals surface area contributed by atoms with E-state index in [0.29, 0.717) is 6.04 Å². The van der Waals surface area contributed by atoms with Crippen molar-refractivity contribution in [3.8, 4) is 0 Å². The van der Waals surface area contributed by atoms with Gasteiger partial charge in [0.1, 0.15) is 0 Å². The minimum Gasteiger partial charge on any atom is -0.320 e. The highest BCUT2D eigenvalue weighted by molar-refractivity contribution is 4.70. The molecule has 2 heteroatoms. The molecule has 0 spiro atoms. The molecule has 0 radical (unpaired) electrons. The Labute approximate surface area is 90.1 Å². The zero-order valence-electron chi connectivity index (χ0n) is 10.6. The van der Waals surface area contributed by atoms with Crippen LogP contribution in [0.1, 0.15) is 47.0 Å². The van der Waals surface area contributed by atoms with Crippen molar-refractivity contribution in [1.29, 1.82) is 0 Å². The molecule has 1 unspecified atom stereocenters. The van der Waals surface area contributed by atoms with E-state index in [1.54, 1.807) is 0 Å². The van der Waals surface area contributed by atoms with Gasteiger partial charge >= 0.3 is 0 Å². The van der Waals surface area contributed by atoms with Crippen molar-refractivity contribution < 1.29 is 0 Å². The molecule has 86 valence electrons. The van der Waals surface area contributed by atoms with Gasteiger partial charge in [-0.3, -0.25) is 4.90 Å². The summed E-state index contributed by atoms with van der Waals surface area (Å²) in [5, 5.41) is 3.20. The molecule has 0 aromatic heterocycles. The molecule has 0 aliphatic carbocycles. The van der Waals surface area contributed by atoms with E-state index in [-0.39, 0.29) is 0 Å². The Morgan fingerprint density at radius 2 is 1.86 bits per heavy atom. The molecular weight excluding hydrogens is 172 g/mol. The second-order valence-electron chi connectivity index (χ2n) is 4.43. The third-order valence-electron chi connectivity index (χ3n) is 2.76. The molecule has 0 saturated heterocycles. The van der Waals surface area contributed by atoms with Crippen LogP contribution in [0.4, 0.5) is 0 Å². The molecule has 0 bridgehead atoms. The molecule has 0 aromatic carbocycles. The highest BCUT2D eigenvalue weighted by atomic mass is 15.2. The van der Waals surface area contributed by atoms with Crippen LogP contribution >= 0.6 is 0 Å². The summed E-state index contributed by atoms with van der Waals surface area (Å²) < 4.78 is 0. The van der Waals surface area contributed by atoms with Gasteiger partial charge in [0, 0.05) is 12.1 Å². The normalized spacial score (nSPS) is 13.9. The summed E-state index contributed by atoms with van der Waals surface area (Å²) in [6, 6.07) is 1.41. The van der Waals surface area contributed by atoms with Gasteiger partial charge in [0.15, 0.2) is 0 Å². The Morgan fingerprint density at radius 1 is 1.21 bits per heavy atom. The summed E-state index contributed by atoms with van der Waals surface area (Å²) in [7, 11) is 2.02. The topological polar surface area (TPSA) is 15.3 Å². The zero-order chi connectivity index (χ0) is 11.0. The highest BCUT2D eigenvalue weighted by Crippen LogP contribution is 2.10. The maximum Gasteiger partial charge on any atom is 0.00701 e.